The smallest absolute Gasteiger partial charge is 0.0248 e. The van der Waals surface area contributed by atoms with Crippen molar-refractivity contribution in [2.75, 3.05) is 0 Å². The zero-order valence-corrected chi connectivity index (χ0v) is 8.38. The number of hydrogen-bond donors (Lipinski definition) is 2. The molecule has 0 saturated heterocycles. The van der Waals surface area contributed by atoms with Gasteiger partial charge in [0.2, 0.25) is 0 Å². The number of nitrogens with two attached hydrogens (primary N) is 1. The van der Waals surface area contributed by atoms with Gasteiger partial charge in [0.1, 0.15) is 0 Å². The van der Waals surface area contributed by atoms with Crippen LogP contribution in [0, 0.1) is 6.92 Å². The molecular formula is C11H18N2. The molecular weight excluding hydrogens is 160 g/mol. The number of rotatable bonds is 4. The zero-order valence-electron chi connectivity index (χ0n) is 8.38. The standard InChI is InChI=1S/C11H18N2/c1-3-11(13-12)8-10-6-4-5-9(2)7-10/h4-7,11,13H,3,8,12H2,1-2H3. The number of benzene rings is 1. The Morgan fingerprint density at radius 2 is 2.23 bits per heavy atom. The summed E-state index contributed by atoms with van der Waals surface area (Å²) in [6.07, 6.45) is 2.07. The van der Waals surface area contributed by atoms with Crippen LogP contribution < -0.4 is 11.3 Å². The first-order valence-electron chi connectivity index (χ1n) is 4.78. The second-order valence-corrected chi connectivity index (χ2v) is 3.47. The molecule has 1 aromatic carbocycles. The van der Waals surface area contributed by atoms with E-state index in [1.54, 1.807) is 0 Å². The summed E-state index contributed by atoms with van der Waals surface area (Å²) in [5, 5.41) is 0. The van der Waals surface area contributed by atoms with Gasteiger partial charge in [0.15, 0.2) is 0 Å². The van der Waals surface area contributed by atoms with Gasteiger partial charge in [-0.1, -0.05) is 36.8 Å². The lowest BCUT2D eigenvalue weighted by Crippen LogP contribution is -2.36. The average molecular weight is 178 g/mol. The lowest BCUT2D eigenvalue weighted by Gasteiger charge is -2.13. The summed E-state index contributed by atoms with van der Waals surface area (Å²) in [6, 6.07) is 8.95. The summed E-state index contributed by atoms with van der Waals surface area (Å²) >= 11 is 0. The number of hydrazine groups is 1. The molecule has 0 aromatic heterocycles. The molecule has 1 aromatic rings. The van der Waals surface area contributed by atoms with Crippen molar-refractivity contribution in [1.29, 1.82) is 0 Å². The molecule has 2 heteroatoms. The van der Waals surface area contributed by atoms with Gasteiger partial charge < -0.3 is 0 Å². The maximum absolute atomic E-state index is 5.42. The molecule has 0 aliphatic carbocycles. The number of nitrogens with one attached hydrogen (secondary N) is 1. The van der Waals surface area contributed by atoms with Crippen LogP contribution in [0.25, 0.3) is 0 Å². The van der Waals surface area contributed by atoms with E-state index >= 15 is 0 Å². The third-order valence-corrected chi connectivity index (χ3v) is 2.29. The highest BCUT2D eigenvalue weighted by molar-refractivity contribution is 5.22. The lowest BCUT2D eigenvalue weighted by atomic mass is 10.0. The lowest BCUT2D eigenvalue weighted by molar-refractivity contribution is 0.511. The summed E-state index contributed by atoms with van der Waals surface area (Å²) in [4.78, 5) is 0. The van der Waals surface area contributed by atoms with Crippen LogP contribution in [0.15, 0.2) is 24.3 Å². The molecule has 1 atom stereocenters. The molecule has 0 aliphatic rings. The van der Waals surface area contributed by atoms with Gasteiger partial charge in [0, 0.05) is 6.04 Å². The molecule has 0 heterocycles. The summed E-state index contributed by atoms with van der Waals surface area (Å²) < 4.78 is 0. The van der Waals surface area contributed by atoms with E-state index in [1.165, 1.54) is 11.1 Å². The Kier molecular flexibility index (Phi) is 3.93. The molecule has 1 rings (SSSR count). The minimum absolute atomic E-state index is 0.391. The van der Waals surface area contributed by atoms with Crippen LogP contribution in [0.3, 0.4) is 0 Å². The number of hydrogen-bond acceptors (Lipinski definition) is 2. The molecule has 2 nitrogen and oxygen atoms in total. The fraction of sp³-hybridized carbons (Fsp3) is 0.455. The maximum atomic E-state index is 5.42. The Labute approximate surface area is 80.1 Å². The molecule has 0 aliphatic heterocycles. The summed E-state index contributed by atoms with van der Waals surface area (Å²) in [5.41, 5.74) is 5.48. The van der Waals surface area contributed by atoms with E-state index in [1.807, 2.05) is 0 Å². The predicted molar refractivity (Wildman–Crippen MR) is 56.3 cm³/mol. The molecule has 0 saturated carbocycles. The highest BCUT2D eigenvalue weighted by Crippen LogP contribution is 2.07. The van der Waals surface area contributed by atoms with E-state index < -0.39 is 0 Å². The maximum Gasteiger partial charge on any atom is 0.0248 e. The fourth-order valence-corrected chi connectivity index (χ4v) is 1.44. The monoisotopic (exact) mass is 178 g/mol. The molecule has 13 heavy (non-hydrogen) atoms. The molecule has 72 valence electrons. The third kappa shape index (κ3) is 3.17. The van der Waals surface area contributed by atoms with Crippen LogP contribution in [-0.2, 0) is 6.42 Å². The molecule has 3 N–H and O–H groups in total. The first kappa shape index (κ1) is 10.2. The van der Waals surface area contributed by atoms with Crippen LogP contribution in [0.2, 0.25) is 0 Å². The largest absolute Gasteiger partial charge is 0.271 e. The minimum atomic E-state index is 0.391. The summed E-state index contributed by atoms with van der Waals surface area (Å²) in [6.45, 7) is 4.25. The Bertz CT molecular complexity index is 254. The average Bonchev–Trinajstić information content (AvgIpc) is 2.14. The van der Waals surface area contributed by atoms with Gasteiger partial charge in [0.05, 0.1) is 0 Å². The van der Waals surface area contributed by atoms with Crippen LogP contribution in [-0.4, -0.2) is 6.04 Å². The van der Waals surface area contributed by atoms with Crippen LogP contribution >= 0.6 is 0 Å². The van der Waals surface area contributed by atoms with Crippen molar-refractivity contribution in [2.45, 2.75) is 32.7 Å². The van der Waals surface area contributed by atoms with Crippen molar-refractivity contribution in [3.8, 4) is 0 Å². The molecule has 0 amide bonds. The van der Waals surface area contributed by atoms with Crippen LogP contribution in [0.4, 0.5) is 0 Å². The van der Waals surface area contributed by atoms with Crippen LogP contribution in [0.5, 0.6) is 0 Å². The van der Waals surface area contributed by atoms with Gasteiger partial charge in [-0.05, 0) is 25.3 Å². The van der Waals surface area contributed by atoms with Crippen molar-refractivity contribution in [3.05, 3.63) is 35.4 Å². The fourth-order valence-electron chi connectivity index (χ4n) is 1.44. The van der Waals surface area contributed by atoms with Crippen molar-refractivity contribution in [3.63, 3.8) is 0 Å². The quantitative estimate of drug-likeness (QED) is 0.545. The van der Waals surface area contributed by atoms with Gasteiger partial charge in [-0.3, -0.25) is 11.3 Å². The van der Waals surface area contributed by atoms with Gasteiger partial charge in [-0.25, -0.2) is 0 Å². The molecule has 0 spiro atoms. The zero-order chi connectivity index (χ0) is 9.68. The topological polar surface area (TPSA) is 38.0 Å². The van der Waals surface area contributed by atoms with E-state index in [0.717, 1.165) is 12.8 Å². The summed E-state index contributed by atoms with van der Waals surface area (Å²) in [5.74, 6) is 5.42. The Balaban J connectivity index is 2.62. The van der Waals surface area contributed by atoms with Crippen LogP contribution in [0.1, 0.15) is 24.5 Å². The normalized spacial score (nSPS) is 12.8. The van der Waals surface area contributed by atoms with E-state index in [4.69, 9.17) is 5.84 Å². The first-order chi connectivity index (χ1) is 6.26. The van der Waals surface area contributed by atoms with Crippen molar-refractivity contribution in [2.24, 2.45) is 5.84 Å². The highest BCUT2D eigenvalue weighted by Gasteiger charge is 2.03. The van der Waals surface area contributed by atoms with Crippen molar-refractivity contribution < 1.29 is 0 Å². The molecule has 0 bridgehead atoms. The van der Waals surface area contributed by atoms with Crippen molar-refractivity contribution in [1.82, 2.24) is 5.43 Å². The van der Waals surface area contributed by atoms with Crippen molar-refractivity contribution >= 4 is 0 Å². The van der Waals surface area contributed by atoms with Gasteiger partial charge >= 0.3 is 0 Å². The van der Waals surface area contributed by atoms with Gasteiger partial charge in [-0.2, -0.15) is 0 Å². The second-order valence-electron chi connectivity index (χ2n) is 3.47. The van der Waals surface area contributed by atoms with Gasteiger partial charge in [0.25, 0.3) is 0 Å². The summed E-state index contributed by atoms with van der Waals surface area (Å²) in [7, 11) is 0. The number of aryl methyl sites for hydroxylation is 1. The predicted octanol–water partition coefficient (Wildman–Crippen LogP) is 1.78. The van der Waals surface area contributed by atoms with E-state index in [9.17, 15) is 0 Å². The molecule has 1 unspecified atom stereocenters. The molecule has 0 fully saturated rings. The van der Waals surface area contributed by atoms with E-state index in [0.29, 0.717) is 6.04 Å². The SMILES string of the molecule is CCC(Cc1cccc(C)c1)NN. The van der Waals surface area contributed by atoms with Gasteiger partial charge in [-0.15, -0.1) is 0 Å². The van der Waals surface area contributed by atoms with E-state index in [2.05, 4.69) is 43.5 Å². The van der Waals surface area contributed by atoms with E-state index in [-0.39, 0.29) is 0 Å². The third-order valence-electron chi connectivity index (χ3n) is 2.29. The first-order valence-corrected chi connectivity index (χ1v) is 4.78. The second kappa shape index (κ2) is 5.00. The Hall–Kier alpha value is -0.860. The Morgan fingerprint density at radius 1 is 1.46 bits per heavy atom. The Morgan fingerprint density at radius 3 is 2.77 bits per heavy atom. The highest BCUT2D eigenvalue weighted by atomic mass is 15.2. The minimum Gasteiger partial charge on any atom is -0.271 e. The molecule has 0 radical (unpaired) electrons.